The van der Waals surface area contributed by atoms with Gasteiger partial charge in [-0.2, -0.15) is 0 Å². The molecule has 3 N–H and O–H groups in total. The van der Waals surface area contributed by atoms with Crippen molar-refractivity contribution in [2.45, 2.75) is 64.1 Å². The second-order valence-electron chi connectivity index (χ2n) is 10.6. The van der Waals surface area contributed by atoms with Gasteiger partial charge < -0.3 is 20.5 Å². The predicted molar refractivity (Wildman–Crippen MR) is 156 cm³/mol. The van der Waals surface area contributed by atoms with E-state index < -0.39 is 23.6 Å². The molecule has 0 aliphatic heterocycles. The molecule has 0 spiro atoms. The van der Waals surface area contributed by atoms with Gasteiger partial charge in [0.05, 0.1) is 52.5 Å². The van der Waals surface area contributed by atoms with E-state index in [1.807, 2.05) is 0 Å². The standard InChI is InChI=1S/C30H34Cl2F2N4O4/c1-2-42-30(41)19-5-7-22(8-6-19)37-28(18-3-4-18)23(12-35)29(40)38(15-17-9-20(33)11-21(34)10-17)16-26(39)27-24(31)13-36-14-25(27)32/h9-14,18-19,22,26,39H,2-8,15-16,35H2,1H3. The second-order valence-corrected chi connectivity index (χ2v) is 11.4. The molecule has 1 atom stereocenters. The van der Waals surface area contributed by atoms with E-state index in [2.05, 4.69) is 4.98 Å². The third-order valence-corrected chi connectivity index (χ3v) is 8.08. The molecule has 226 valence electrons. The van der Waals surface area contributed by atoms with Crippen LogP contribution in [0.3, 0.4) is 0 Å². The number of hydrogen-bond donors (Lipinski definition) is 2. The molecular formula is C30H34Cl2F2N4O4. The van der Waals surface area contributed by atoms with Gasteiger partial charge in [0.1, 0.15) is 11.6 Å². The number of amides is 1. The number of hydrogen-bond acceptors (Lipinski definition) is 7. The van der Waals surface area contributed by atoms with E-state index in [0.717, 1.165) is 31.0 Å². The largest absolute Gasteiger partial charge is 0.466 e. The molecule has 2 saturated carbocycles. The smallest absolute Gasteiger partial charge is 0.308 e. The molecule has 0 radical (unpaired) electrons. The minimum absolute atomic E-state index is 0.0361. The van der Waals surface area contributed by atoms with Crippen LogP contribution in [0.5, 0.6) is 0 Å². The number of carbonyl (C=O) groups is 2. The molecule has 42 heavy (non-hydrogen) atoms. The summed E-state index contributed by atoms with van der Waals surface area (Å²) in [4.78, 5) is 36.3. The van der Waals surface area contributed by atoms with Crippen LogP contribution < -0.4 is 5.73 Å². The van der Waals surface area contributed by atoms with Crippen molar-refractivity contribution in [2.24, 2.45) is 22.6 Å². The number of aromatic nitrogens is 1. The van der Waals surface area contributed by atoms with Crippen LogP contribution in [0.2, 0.25) is 10.0 Å². The highest BCUT2D eigenvalue weighted by molar-refractivity contribution is 6.35. The summed E-state index contributed by atoms with van der Waals surface area (Å²) in [7, 11) is 0. The number of esters is 1. The van der Waals surface area contributed by atoms with Gasteiger partial charge in [0, 0.05) is 42.7 Å². The number of aliphatic hydroxyl groups is 1. The van der Waals surface area contributed by atoms with Gasteiger partial charge in [-0.1, -0.05) is 23.2 Å². The second kappa shape index (κ2) is 14.4. The summed E-state index contributed by atoms with van der Waals surface area (Å²) in [5.74, 6) is -2.49. The number of ether oxygens (including phenoxy) is 1. The van der Waals surface area contributed by atoms with Crippen LogP contribution in [-0.4, -0.2) is 51.8 Å². The van der Waals surface area contributed by atoms with E-state index in [4.69, 9.17) is 38.7 Å². The number of pyridine rings is 1. The number of aliphatic imine (C=N–C) groups is 1. The lowest BCUT2D eigenvalue weighted by Crippen LogP contribution is -2.38. The average Bonchev–Trinajstić information content (AvgIpc) is 3.78. The topological polar surface area (TPSA) is 118 Å². The highest BCUT2D eigenvalue weighted by atomic mass is 35.5. The molecule has 4 rings (SSSR count). The summed E-state index contributed by atoms with van der Waals surface area (Å²) in [6.07, 6.45) is 6.76. The molecular weight excluding hydrogens is 589 g/mol. The van der Waals surface area contributed by atoms with Crippen LogP contribution in [0.4, 0.5) is 8.78 Å². The molecule has 12 heteroatoms. The van der Waals surface area contributed by atoms with Gasteiger partial charge >= 0.3 is 5.97 Å². The molecule has 2 aromatic rings. The molecule has 0 saturated heterocycles. The summed E-state index contributed by atoms with van der Waals surface area (Å²) in [5, 5.41) is 11.3. The normalized spacial score (nSPS) is 20.2. The Bertz CT molecular complexity index is 1320. The Labute approximate surface area is 253 Å². The first-order chi connectivity index (χ1) is 20.1. The van der Waals surface area contributed by atoms with Crippen molar-refractivity contribution in [2.75, 3.05) is 13.2 Å². The van der Waals surface area contributed by atoms with Gasteiger partial charge in [-0.3, -0.25) is 19.6 Å². The number of nitrogens with two attached hydrogens (primary N) is 1. The molecule has 1 amide bonds. The lowest BCUT2D eigenvalue weighted by atomic mass is 9.86. The van der Waals surface area contributed by atoms with Crippen molar-refractivity contribution in [1.29, 1.82) is 0 Å². The maximum absolute atomic E-state index is 14.1. The van der Waals surface area contributed by atoms with E-state index in [1.165, 1.54) is 23.5 Å². The van der Waals surface area contributed by atoms with Crippen molar-refractivity contribution in [1.82, 2.24) is 9.88 Å². The van der Waals surface area contributed by atoms with Gasteiger partial charge in [0.2, 0.25) is 0 Å². The molecule has 2 aliphatic rings. The monoisotopic (exact) mass is 622 g/mol. The zero-order valence-corrected chi connectivity index (χ0v) is 24.8. The Kier molecular flexibility index (Phi) is 10.9. The van der Waals surface area contributed by atoms with Crippen LogP contribution in [0.25, 0.3) is 0 Å². The molecule has 1 heterocycles. The van der Waals surface area contributed by atoms with Gasteiger partial charge in [-0.15, -0.1) is 0 Å². The fourth-order valence-electron chi connectivity index (χ4n) is 5.27. The average molecular weight is 624 g/mol. The minimum atomic E-state index is -1.34. The maximum atomic E-state index is 14.1. The van der Waals surface area contributed by atoms with Crippen molar-refractivity contribution >= 4 is 40.8 Å². The number of halogens is 4. The fraction of sp³-hybridized carbons (Fsp3) is 0.467. The molecule has 2 fully saturated rings. The third kappa shape index (κ3) is 8.05. The van der Waals surface area contributed by atoms with Crippen molar-refractivity contribution in [3.63, 3.8) is 0 Å². The van der Waals surface area contributed by atoms with Crippen LogP contribution in [0.1, 0.15) is 62.7 Å². The Morgan fingerprint density at radius 2 is 1.69 bits per heavy atom. The van der Waals surface area contributed by atoms with E-state index in [-0.39, 0.29) is 63.7 Å². The summed E-state index contributed by atoms with van der Waals surface area (Å²) in [6.45, 7) is 1.58. The third-order valence-electron chi connectivity index (χ3n) is 7.48. The van der Waals surface area contributed by atoms with Crippen molar-refractivity contribution < 1.29 is 28.2 Å². The summed E-state index contributed by atoms with van der Waals surface area (Å²) in [5.41, 5.74) is 7.09. The lowest BCUT2D eigenvalue weighted by Gasteiger charge is -2.29. The van der Waals surface area contributed by atoms with Gasteiger partial charge in [0.15, 0.2) is 0 Å². The highest BCUT2D eigenvalue weighted by Crippen LogP contribution is 2.37. The van der Waals surface area contributed by atoms with E-state index in [9.17, 15) is 23.5 Å². The van der Waals surface area contributed by atoms with Gasteiger partial charge in [-0.05, 0) is 63.1 Å². The number of rotatable bonds is 11. The highest BCUT2D eigenvalue weighted by Gasteiger charge is 2.36. The first-order valence-electron chi connectivity index (χ1n) is 14.0. The van der Waals surface area contributed by atoms with Crippen LogP contribution in [0.15, 0.2) is 47.4 Å². The molecule has 1 unspecified atom stereocenters. The number of carbonyl (C=O) groups excluding carboxylic acids is 2. The summed E-state index contributed by atoms with van der Waals surface area (Å²) in [6, 6.07) is 2.87. The molecule has 1 aromatic carbocycles. The zero-order chi connectivity index (χ0) is 30.4. The number of benzene rings is 1. The Hall–Kier alpha value is -3.08. The molecule has 0 bridgehead atoms. The van der Waals surface area contributed by atoms with Crippen LogP contribution in [0, 0.1) is 23.5 Å². The Balaban J connectivity index is 1.61. The zero-order valence-electron chi connectivity index (χ0n) is 23.2. The first kappa shape index (κ1) is 31.8. The van der Waals surface area contributed by atoms with Crippen molar-refractivity contribution in [3.8, 4) is 0 Å². The van der Waals surface area contributed by atoms with Crippen molar-refractivity contribution in [3.05, 3.63) is 75.2 Å². The fourth-order valence-corrected chi connectivity index (χ4v) is 5.88. The van der Waals surface area contributed by atoms with Crippen LogP contribution in [-0.2, 0) is 20.9 Å². The van der Waals surface area contributed by atoms with E-state index in [1.54, 1.807) is 6.92 Å². The van der Waals surface area contributed by atoms with Gasteiger partial charge in [0.25, 0.3) is 5.91 Å². The molecule has 8 nitrogen and oxygen atoms in total. The summed E-state index contributed by atoms with van der Waals surface area (Å²) < 4.78 is 33.3. The quantitative estimate of drug-likeness (QED) is 0.193. The molecule has 2 aliphatic carbocycles. The van der Waals surface area contributed by atoms with E-state index in [0.29, 0.717) is 38.0 Å². The van der Waals surface area contributed by atoms with Gasteiger partial charge in [-0.25, -0.2) is 8.78 Å². The lowest BCUT2D eigenvalue weighted by molar-refractivity contribution is -0.149. The summed E-state index contributed by atoms with van der Waals surface area (Å²) >= 11 is 12.5. The molecule has 1 aromatic heterocycles. The first-order valence-corrected chi connectivity index (χ1v) is 14.7. The minimum Gasteiger partial charge on any atom is -0.466 e. The Morgan fingerprint density at radius 3 is 2.24 bits per heavy atom. The SMILES string of the molecule is CCOC(=O)C1CCC(N=C(C(=CN)C(=O)N(Cc2cc(F)cc(F)c2)CC(O)c2c(Cl)cncc2Cl)C2CC2)CC1. The van der Waals surface area contributed by atoms with E-state index >= 15 is 0 Å². The maximum Gasteiger partial charge on any atom is 0.308 e. The predicted octanol–water partition coefficient (Wildman–Crippen LogP) is 5.54. The number of aliphatic hydroxyl groups excluding tert-OH is 1. The Morgan fingerprint density at radius 1 is 1.10 bits per heavy atom. The number of nitrogens with zero attached hydrogens (tertiary/aromatic N) is 3. The van der Waals surface area contributed by atoms with Crippen LogP contribution >= 0.6 is 23.2 Å².